The van der Waals surface area contributed by atoms with Crippen molar-refractivity contribution in [3.8, 4) is 5.75 Å². The molecule has 6 nitrogen and oxygen atoms in total. The number of ether oxygens (including phenoxy) is 1. The molecule has 0 bridgehead atoms. The number of carbonyl (C=O) groups is 1. The van der Waals surface area contributed by atoms with Crippen LogP contribution < -0.4 is 10.1 Å². The van der Waals surface area contributed by atoms with Crippen LogP contribution in [0.5, 0.6) is 5.75 Å². The smallest absolute Gasteiger partial charge is 0.257 e. The second kappa shape index (κ2) is 7.59. The van der Waals surface area contributed by atoms with Crippen molar-refractivity contribution in [2.45, 2.75) is 26.2 Å². The molecule has 0 saturated carbocycles. The maximum atomic E-state index is 11.7. The van der Waals surface area contributed by atoms with E-state index in [1.165, 1.54) is 5.56 Å². The Kier molecular flexibility index (Phi) is 5.52. The van der Waals surface area contributed by atoms with E-state index in [9.17, 15) is 4.79 Å². The van der Waals surface area contributed by atoms with Gasteiger partial charge in [0.1, 0.15) is 17.9 Å². The molecule has 0 unspecified atom stereocenters. The summed E-state index contributed by atoms with van der Waals surface area (Å²) in [5.41, 5.74) is 1.25. The van der Waals surface area contributed by atoms with Gasteiger partial charge in [0.05, 0.1) is 0 Å². The third-order valence-electron chi connectivity index (χ3n) is 3.39. The molecule has 0 spiro atoms. The summed E-state index contributed by atoms with van der Waals surface area (Å²) in [6.07, 6.45) is 2.28. The van der Waals surface area contributed by atoms with Crippen LogP contribution in [0.4, 0.5) is 0 Å². The zero-order valence-electron chi connectivity index (χ0n) is 13.2. The number of aryl methyl sites for hydroxylation is 1. The van der Waals surface area contributed by atoms with E-state index in [4.69, 9.17) is 4.74 Å². The Bertz CT molecular complexity index is 605. The van der Waals surface area contributed by atoms with Gasteiger partial charge in [0.15, 0.2) is 6.61 Å². The van der Waals surface area contributed by atoms with Gasteiger partial charge in [-0.3, -0.25) is 4.79 Å². The van der Waals surface area contributed by atoms with Gasteiger partial charge in [-0.05, 0) is 23.6 Å². The summed E-state index contributed by atoms with van der Waals surface area (Å²) < 4.78 is 7.30. The summed E-state index contributed by atoms with van der Waals surface area (Å²) in [7, 11) is 1.88. The zero-order valence-corrected chi connectivity index (χ0v) is 13.2. The summed E-state index contributed by atoms with van der Waals surface area (Å²) in [5, 5.41) is 10.6. The van der Waals surface area contributed by atoms with E-state index in [2.05, 4.69) is 29.4 Å². The number of amides is 1. The maximum Gasteiger partial charge on any atom is 0.257 e. The van der Waals surface area contributed by atoms with Crippen LogP contribution >= 0.6 is 0 Å². The lowest BCUT2D eigenvalue weighted by molar-refractivity contribution is -0.123. The topological polar surface area (TPSA) is 69.0 Å². The predicted molar refractivity (Wildman–Crippen MR) is 83.7 cm³/mol. The van der Waals surface area contributed by atoms with E-state index in [0.717, 1.165) is 5.82 Å². The van der Waals surface area contributed by atoms with Crippen LogP contribution in [0.3, 0.4) is 0 Å². The Morgan fingerprint density at radius 1 is 1.32 bits per heavy atom. The van der Waals surface area contributed by atoms with Crippen molar-refractivity contribution in [2.75, 3.05) is 13.2 Å². The molecule has 2 aromatic rings. The van der Waals surface area contributed by atoms with Crippen molar-refractivity contribution in [1.29, 1.82) is 0 Å². The first-order valence-electron chi connectivity index (χ1n) is 7.38. The van der Waals surface area contributed by atoms with Crippen molar-refractivity contribution < 1.29 is 9.53 Å². The molecule has 6 heteroatoms. The highest BCUT2D eigenvalue weighted by atomic mass is 16.5. The minimum absolute atomic E-state index is 0.0137. The van der Waals surface area contributed by atoms with Crippen molar-refractivity contribution >= 4 is 5.91 Å². The minimum atomic E-state index is -0.143. The standard InChI is InChI=1S/C16H22N4O2/c1-12(2)13-4-6-14(7-5-13)22-10-16(21)17-9-8-15-19-18-11-20(15)3/h4-7,11-12H,8-10H2,1-3H3,(H,17,21). The second-order valence-corrected chi connectivity index (χ2v) is 5.47. The Morgan fingerprint density at radius 3 is 2.64 bits per heavy atom. The lowest BCUT2D eigenvalue weighted by Crippen LogP contribution is -2.31. The SMILES string of the molecule is CC(C)c1ccc(OCC(=O)NCCc2nncn2C)cc1. The van der Waals surface area contributed by atoms with Crippen molar-refractivity contribution in [3.63, 3.8) is 0 Å². The van der Waals surface area contributed by atoms with Crippen LogP contribution in [0, 0.1) is 0 Å². The van der Waals surface area contributed by atoms with Gasteiger partial charge in [-0.2, -0.15) is 0 Å². The van der Waals surface area contributed by atoms with Crippen LogP contribution in [-0.2, 0) is 18.3 Å². The predicted octanol–water partition coefficient (Wildman–Crippen LogP) is 1.68. The molecule has 0 radical (unpaired) electrons. The Morgan fingerprint density at radius 2 is 2.05 bits per heavy atom. The van der Waals surface area contributed by atoms with E-state index < -0.39 is 0 Å². The Labute approximate surface area is 130 Å². The van der Waals surface area contributed by atoms with Crippen LogP contribution in [-0.4, -0.2) is 33.8 Å². The summed E-state index contributed by atoms with van der Waals surface area (Å²) >= 11 is 0. The molecule has 0 saturated heterocycles. The zero-order chi connectivity index (χ0) is 15.9. The quantitative estimate of drug-likeness (QED) is 0.845. The molecule has 1 aromatic carbocycles. The number of carbonyl (C=O) groups excluding carboxylic acids is 1. The Hall–Kier alpha value is -2.37. The molecule has 0 fully saturated rings. The number of benzene rings is 1. The summed E-state index contributed by atoms with van der Waals surface area (Å²) in [6, 6.07) is 7.82. The molecule has 22 heavy (non-hydrogen) atoms. The molecule has 2 rings (SSSR count). The number of nitrogens with one attached hydrogen (secondary N) is 1. The van der Waals surface area contributed by atoms with Crippen molar-refractivity contribution in [1.82, 2.24) is 20.1 Å². The number of hydrogen-bond acceptors (Lipinski definition) is 4. The molecule has 118 valence electrons. The van der Waals surface area contributed by atoms with E-state index >= 15 is 0 Å². The van der Waals surface area contributed by atoms with E-state index in [0.29, 0.717) is 24.6 Å². The monoisotopic (exact) mass is 302 g/mol. The third kappa shape index (κ3) is 4.58. The van der Waals surface area contributed by atoms with Gasteiger partial charge < -0.3 is 14.6 Å². The van der Waals surface area contributed by atoms with Gasteiger partial charge in [0.2, 0.25) is 0 Å². The fourth-order valence-electron chi connectivity index (χ4n) is 2.00. The summed E-state index contributed by atoms with van der Waals surface area (Å²) in [4.78, 5) is 11.7. The second-order valence-electron chi connectivity index (χ2n) is 5.47. The minimum Gasteiger partial charge on any atom is -0.484 e. The summed E-state index contributed by atoms with van der Waals surface area (Å²) in [5.74, 6) is 1.88. The van der Waals surface area contributed by atoms with Gasteiger partial charge >= 0.3 is 0 Å². The first-order chi connectivity index (χ1) is 10.6. The molecule has 0 aliphatic carbocycles. The first-order valence-corrected chi connectivity index (χ1v) is 7.38. The van der Waals surface area contributed by atoms with Crippen molar-refractivity contribution in [3.05, 3.63) is 42.0 Å². The first kappa shape index (κ1) is 16.0. The number of nitrogens with zero attached hydrogens (tertiary/aromatic N) is 3. The normalized spacial score (nSPS) is 10.7. The number of aromatic nitrogens is 3. The molecule has 1 aromatic heterocycles. The van der Waals surface area contributed by atoms with Gasteiger partial charge in [0.25, 0.3) is 5.91 Å². The Balaban J connectivity index is 1.70. The summed E-state index contributed by atoms with van der Waals surface area (Å²) in [6.45, 7) is 4.81. The van der Waals surface area contributed by atoms with Gasteiger partial charge in [-0.1, -0.05) is 26.0 Å². The molecular formula is C16H22N4O2. The lowest BCUT2D eigenvalue weighted by atomic mass is 10.0. The van der Waals surface area contributed by atoms with Crippen LogP contribution in [0.15, 0.2) is 30.6 Å². The third-order valence-corrected chi connectivity index (χ3v) is 3.39. The molecule has 1 amide bonds. The number of hydrogen-bond donors (Lipinski definition) is 1. The van der Waals surface area contributed by atoms with Crippen LogP contribution in [0.2, 0.25) is 0 Å². The van der Waals surface area contributed by atoms with E-state index in [-0.39, 0.29) is 12.5 Å². The largest absolute Gasteiger partial charge is 0.484 e. The average molecular weight is 302 g/mol. The molecular weight excluding hydrogens is 280 g/mol. The van der Waals surface area contributed by atoms with Crippen LogP contribution in [0.1, 0.15) is 31.2 Å². The molecule has 1 heterocycles. The fourth-order valence-corrected chi connectivity index (χ4v) is 2.00. The van der Waals surface area contributed by atoms with Gasteiger partial charge in [-0.15, -0.1) is 10.2 Å². The highest BCUT2D eigenvalue weighted by Crippen LogP contribution is 2.18. The van der Waals surface area contributed by atoms with Gasteiger partial charge in [-0.25, -0.2) is 0 Å². The molecule has 0 aliphatic rings. The lowest BCUT2D eigenvalue weighted by Gasteiger charge is -2.09. The molecule has 0 atom stereocenters. The fraction of sp³-hybridized carbons (Fsp3) is 0.438. The van der Waals surface area contributed by atoms with Gasteiger partial charge in [0, 0.05) is 20.0 Å². The number of rotatable bonds is 7. The van der Waals surface area contributed by atoms with E-state index in [1.54, 1.807) is 6.33 Å². The highest BCUT2D eigenvalue weighted by molar-refractivity contribution is 5.77. The van der Waals surface area contributed by atoms with Crippen molar-refractivity contribution in [2.24, 2.45) is 7.05 Å². The molecule has 0 aliphatic heterocycles. The van der Waals surface area contributed by atoms with Crippen LogP contribution in [0.25, 0.3) is 0 Å². The average Bonchev–Trinajstić information content (AvgIpc) is 2.91. The van der Waals surface area contributed by atoms with E-state index in [1.807, 2.05) is 35.9 Å². The highest BCUT2D eigenvalue weighted by Gasteiger charge is 2.05. The molecule has 1 N–H and O–H groups in total. The maximum absolute atomic E-state index is 11.7.